The van der Waals surface area contributed by atoms with Gasteiger partial charge >= 0.3 is 0 Å². The molecule has 1 aromatic rings. The van der Waals surface area contributed by atoms with Gasteiger partial charge < -0.3 is 9.64 Å². The van der Waals surface area contributed by atoms with E-state index in [4.69, 9.17) is 17.4 Å². The Hall–Kier alpha value is -1.20. The topological polar surface area (TPSA) is 32.8 Å². The number of likely N-dealkylation sites (tertiary alicyclic amines) is 1. The van der Waals surface area contributed by atoms with E-state index in [0.29, 0.717) is 17.7 Å². The predicted octanol–water partition coefficient (Wildman–Crippen LogP) is 2.62. The molecule has 5 heteroatoms. The molecule has 2 aliphatic rings. The molecule has 1 amide bonds. The zero-order valence-corrected chi connectivity index (χ0v) is 15.5. The van der Waals surface area contributed by atoms with E-state index in [1.165, 1.54) is 12.8 Å². The molecule has 0 aromatic heterocycles. The van der Waals surface area contributed by atoms with E-state index in [2.05, 4.69) is 4.90 Å². The maximum atomic E-state index is 12.8. The van der Waals surface area contributed by atoms with Crippen LogP contribution in [0, 0.1) is 0 Å². The van der Waals surface area contributed by atoms with Crippen LogP contribution in [0.25, 0.3) is 0 Å². The van der Waals surface area contributed by atoms with Crippen molar-refractivity contribution in [3.05, 3.63) is 29.8 Å². The molecule has 0 bridgehead atoms. The highest BCUT2D eigenvalue weighted by molar-refractivity contribution is 7.81. The minimum absolute atomic E-state index is 0.180. The van der Waals surface area contributed by atoms with Crippen molar-refractivity contribution in [3.63, 3.8) is 0 Å². The number of ether oxygens (including phenoxy) is 1. The van der Waals surface area contributed by atoms with Gasteiger partial charge in [-0.2, -0.15) is 12.6 Å². The quantitative estimate of drug-likeness (QED) is 0.831. The van der Waals surface area contributed by atoms with Gasteiger partial charge in [0.15, 0.2) is 0 Å². The fraction of sp³-hybridized carbons (Fsp3) is 0.632. The van der Waals surface area contributed by atoms with Crippen LogP contribution in [0.15, 0.2) is 24.3 Å². The second-order valence-electron chi connectivity index (χ2n) is 6.98. The van der Waals surface area contributed by atoms with Crippen LogP contribution in [0.3, 0.4) is 0 Å². The van der Waals surface area contributed by atoms with Crippen molar-refractivity contribution < 1.29 is 9.53 Å². The second-order valence-corrected chi connectivity index (χ2v) is 7.64. The van der Waals surface area contributed by atoms with E-state index in [-0.39, 0.29) is 11.9 Å². The first kappa shape index (κ1) is 17.6. The molecule has 0 radical (unpaired) electrons. The third-order valence-electron chi connectivity index (χ3n) is 5.49. The zero-order valence-electron chi connectivity index (χ0n) is 14.6. The van der Waals surface area contributed by atoms with Crippen molar-refractivity contribution in [2.24, 2.45) is 0 Å². The molecule has 1 heterocycles. The zero-order chi connectivity index (χ0) is 17.1. The molecule has 3 atom stereocenters. The third-order valence-corrected chi connectivity index (χ3v) is 6.05. The first-order valence-corrected chi connectivity index (χ1v) is 9.42. The van der Waals surface area contributed by atoms with Gasteiger partial charge in [-0.05, 0) is 56.5 Å². The van der Waals surface area contributed by atoms with E-state index in [1.54, 1.807) is 7.11 Å². The molecular weight excluding hydrogens is 320 g/mol. The van der Waals surface area contributed by atoms with E-state index in [1.807, 2.05) is 36.2 Å². The minimum Gasteiger partial charge on any atom is -0.497 e. The highest BCUT2D eigenvalue weighted by Crippen LogP contribution is 2.34. The number of nitrogens with zero attached hydrogens (tertiary/aromatic N) is 2. The molecule has 3 unspecified atom stereocenters. The lowest BCUT2D eigenvalue weighted by molar-refractivity contribution is -0.132. The average Bonchev–Trinajstić information content (AvgIpc) is 3.23. The van der Waals surface area contributed by atoms with Gasteiger partial charge in [-0.15, -0.1) is 0 Å². The van der Waals surface area contributed by atoms with E-state index < -0.39 is 0 Å². The number of methoxy groups -OCH3 is 1. The average molecular weight is 349 g/mol. The molecule has 1 aromatic carbocycles. The largest absolute Gasteiger partial charge is 0.497 e. The van der Waals surface area contributed by atoms with Crippen LogP contribution in [0.4, 0.5) is 0 Å². The molecule has 4 nitrogen and oxygen atoms in total. The van der Waals surface area contributed by atoms with Crippen LogP contribution in [-0.4, -0.2) is 60.3 Å². The van der Waals surface area contributed by atoms with Gasteiger partial charge in [0.2, 0.25) is 5.91 Å². The lowest BCUT2D eigenvalue weighted by atomic mass is 10.1. The molecule has 132 valence electrons. The Balaban J connectivity index is 1.67. The third kappa shape index (κ3) is 3.72. The molecule has 1 aliphatic carbocycles. The lowest BCUT2D eigenvalue weighted by Crippen LogP contribution is -2.51. The Labute approximate surface area is 150 Å². The van der Waals surface area contributed by atoms with E-state index in [9.17, 15) is 4.79 Å². The summed E-state index contributed by atoms with van der Waals surface area (Å²) in [6.45, 7) is 2.30. The smallest absolute Gasteiger partial charge is 0.227 e. The van der Waals surface area contributed by atoms with Gasteiger partial charge in [0.25, 0.3) is 0 Å². The lowest BCUT2D eigenvalue weighted by Gasteiger charge is -2.36. The summed E-state index contributed by atoms with van der Waals surface area (Å²) in [7, 11) is 3.61. The number of carbonyl (C=O) groups is 1. The Morgan fingerprint density at radius 2 is 2.08 bits per heavy atom. The number of thiol groups is 1. The number of hydrogen-bond donors (Lipinski definition) is 1. The fourth-order valence-corrected chi connectivity index (χ4v) is 4.69. The minimum atomic E-state index is 0.180. The molecule has 3 rings (SSSR count). The maximum Gasteiger partial charge on any atom is 0.227 e. The Bertz CT molecular complexity index is 574. The monoisotopic (exact) mass is 348 g/mol. The van der Waals surface area contributed by atoms with Gasteiger partial charge in [0.05, 0.1) is 13.5 Å². The summed E-state index contributed by atoms with van der Waals surface area (Å²) in [5, 5.41) is 0.375. The highest BCUT2D eigenvalue weighted by Gasteiger charge is 2.42. The molecule has 1 saturated carbocycles. The van der Waals surface area contributed by atoms with Gasteiger partial charge in [-0.1, -0.05) is 12.1 Å². The summed E-state index contributed by atoms with van der Waals surface area (Å²) < 4.78 is 5.25. The van der Waals surface area contributed by atoms with Crippen molar-refractivity contribution in [2.75, 3.05) is 27.2 Å². The second kappa shape index (κ2) is 7.79. The number of hydrogen-bond acceptors (Lipinski definition) is 4. The Kier molecular flexibility index (Phi) is 5.72. The summed E-state index contributed by atoms with van der Waals surface area (Å²) in [5.41, 5.74) is 1.00. The molecule has 1 aliphatic heterocycles. The Morgan fingerprint density at radius 3 is 2.79 bits per heavy atom. The van der Waals surface area contributed by atoms with Gasteiger partial charge in [-0.25, -0.2) is 0 Å². The van der Waals surface area contributed by atoms with Crippen molar-refractivity contribution in [1.82, 2.24) is 9.80 Å². The SMILES string of the molecule is COc1cccc(CC(=O)N(C)C2CCC(S)C2N2CCCC2)c1. The van der Waals surface area contributed by atoms with Gasteiger partial charge in [-0.3, -0.25) is 9.69 Å². The summed E-state index contributed by atoms with van der Waals surface area (Å²) in [4.78, 5) is 17.3. The first-order valence-electron chi connectivity index (χ1n) is 8.91. The number of carbonyl (C=O) groups excluding carboxylic acids is 1. The normalized spacial score (nSPS) is 27.4. The molecule has 0 N–H and O–H groups in total. The molecule has 2 fully saturated rings. The van der Waals surface area contributed by atoms with Crippen LogP contribution in [0.2, 0.25) is 0 Å². The number of rotatable bonds is 5. The number of amides is 1. The summed E-state index contributed by atoms with van der Waals surface area (Å²) in [5.74, 6) is 0.981. The first-order chi connectivity index (χ1) is 11.6. The van der Waals surface area contributed by atoms with Crippen LogP contribution in [0.5, 0.6) is 5.75 Å². The molecule has 1 saturated heterocycles. The van der Waals surface area contributed by atoms with Crippen LogP contribution >= 0.6 is 12.6 Å². The predicted molar refractivity (Wildman–Crippen MR) is 99.9 cm³/mol. The fourth-order valence-electron chi connectivity index (χ4n) is 4.16. The van der Waals surface area contributed by atoms with Gasteiger partial charge in [0, 0.05) is 24.4 Å². The maximum absolute atomic E-state index is 12.8. The van der Waals surface area contributed by atoms with Crippen molar-refractivity contribution >= 4 is 18.5 Å². The van der Waals surface area contributed by atoms with Gasteiger partial charge in [0.1, 0.15) is 5.75 Å². The number of benzene rings is 1. The van der Waals surface area contributed by atoms with Crippen molar-refractivity contribution in [3.8, 4) is 5.75 Å². The Morgan fingerprint density at radius 1 is 1.33 bits per heavy atom. The molecular formula is C19H28N2O2S. The molecule has 24 heavy (non-hydrogen) atoms. The van der Waals surface area contributed by atoms with E-state index in [0.717, 1.165) is 37.2 Å². The standard InChI is InChI=1S/C19H28N2O2S/c1-20(18(22)13-14-6-5-7-15(12-14)23-2)16-8-9-17(24)19(16)21-10-3-4-11-21/h5-7,12,16-17,19,24H,3-4,8-11,13H2,1-2H3. The summed E-state index contributed by atoms with van der Waals surface area (Å²) >= 11 is 4.81. The summed E-state index contributed by atoms with van der Waals surface area (Å²) in [6.07, 6.45) is 5.10. The van der Waals surface area contributed by atoms with Crippen molar-refractivity contribution in [1.29, 1.82) is 0 Å². The van der Waals surface area contributed by atoms with Crippen molar-refractivity contribution in [2.45, 2.75) is 49.4 Å². The van der Waals surface area contributed by atoms with E-state index >= 15 is 0 Å². The van der Waals surface area contributed by atoms with Crippen LogP contribution < -0.4 is 4.74 Å². The number of likely N-dealkylation sites (N-methyl/N-ethyl adjacent to an activating group) is 1. The van der Waals surface area contributed by atoms with Crippen LogP contribution in [0.1, 0.15) is 31.2 Å². The van der Waals surface area contributed by atoms with Crippen LogP contribution in [-0.2, 0) is 11.2 Å². The summed E-state index contributed by atoms with van der Waals surface area (Å²) in [6, 6.07) is 8.46. The highest BCUT2D eigenvalue weighted by atomic mass is 32.1. The molecule has 0 spiro atoms.